The molecular weight excluding hydrogens is 450 g/mol. The smallest absolute Gasteiger partial charge is 0.331 e. The lowest BCUT2D eigenvalue weighted by atomic mass is 10.00. The number of rotatable bonds is 5. The van der Waals surface area contributed by atoms with Crippen LogP contribution in [0.1, 0.15) is 35.8 Å². The predicted molar refractivity (Wildman–Crippen MR) is 125 cm³/mol. The second-order valence-corrected chi connectivity index (χ2v) is 8.68. The second-order valence-electron chi connectivity index (χ2n) is 8.68. The second kappa shape index (κ2) is 8.51. The summed E-state index contributed by atoms with van der Waals surface area (Å²) in [6, 6.07) is 8.33. The molecule has 4 heterocycles. The van der Waals surface area contributed by atoms with Crippen molar-refractivity contribution in [2.45, 2.75) is 37.8 Å². The number of likely N-dealkylation sites (N-methyl/N-ethyl adjacent to an activating group) is 1. The highest BCUT2D eigenvalue weighted by Crippen LogP contribution is 2.40. The van der Waals surface area contributed by atoms with Crippen LogP contribution < -0.4 is 20.7 Å². The van der Waals surface area contributed by atoms with Crippen LogP contribution in [0.3, 0.4) is 0 Å². The van der Waals surface area contributed by atoms with Crippen LogP contribution in [0.4, 0.5) is 10.6 Å². The fourth-order valence-corrected chi connectivity index (χ4v) is 4.28. The third-order valence-electron chi connectivity index (χ3n) is 6.32. The van der Waals surface area contributed by atoms with Crippen molar-refractivity contribution in [1.82, 2.24) is 30.3 Å². The van der Waals surface area contributed by atoms with Gasteiger partial charge >= 0.3 is 6.03 Å². The maximum Gasteiger partial charge on any atom is 0.331 e. The summed E-state index contributed by atoms with van der Waals surface area (Å²) in [5.74, 6) is 2.52. The third-order valence-corrected chi connectivity index (χ3v) is 6.32. The lowest BCUT2D eigenvalue weighted by Crippen LogP contribution is -2.47. The lowest BCUT2D eigenvalue weighted by molar-refractivity contribution is -0.122. The largest absolute Gasteiger partial charge is 0.439 e. The maximum atomic E-state index is 12.8. The van der Waals surface area contributed by atoms with E-state index in [0.29, 0.717) is 41.8 Å². The van der Waals surface area contributed by atoms with E-state index in [1.165, 1.54) is 10.9 Å². The number of aromatic nitrogens is 4. The fraction of sp³-hybridized carbons (Fsp3) is 0.292. The summed E-state index contributed by atoms with van der Waals surface area (Å²) in [7, 11) is 1.61. The van der Waals surface area contributed by atoms with Crippen molar-refractivity contribution < 1.29 is 18.8 Å². The van der Waals surface area contributed by atoms with Crippen molar-refractivity contribution in [3.05, 3.63) is 59.9 Å². The average Bonchev–Trinajstić information content (AvgIpc) is 3.48. The highest BCUT2D eigenvalue weighted by atomic mass is 16.5. The summed E-state index contributed by atoms with van der Waals surface area (Å²) < 4.78 is 12.9. The minimum absolute atomic E-state index is 0.0964. The maximum absolute atomic E-state index is 12.8. The molecule has 1 aromatic carbocycles. The topological polar surface area (TPSA) is 136 Å². The Labute approximate surface area is 199 Å². The van der Waals surface area contributed by atoms with E-state index in [1.54, 1.807) is 25.4 Å². The number of nitrogens with one attached hydrogen (secondary N) is 3. The van der Waals surface area contributed by atoms with Crippen LogP contribution in [0.15, 0.2) is 47.4 Å². The van der Waals surface area contributed by atoms with E-state index in [1.807, 2.05) is 18.2 Å². The van der Waals surface area contributed by atoms with Crippen LogP contribution in [0.5, 0.6) is 11.6 Å². The summed E-state index contributed by atoms with van der Waals surface area (Å²) >= 11 is 0. The molecule has 1 atom stereocenters. The van der Waals surface area contributed by atoms with Crippen LogP contribution >= 0.6 is 0 Å². The van der Waals surface area contributed by atoms with Gasteiger partial charge in [0.15, 0.2) is 5.82 Å². The van der Waals surface area contributed by atoms with E-state index >= 15 is 0 Å². The first-order valence-electron chi connectivity index (χ1n) is 11.4. The molecule has 35 heavy (non-hydrogen) atoms. The quantitative estimate of drug-likeness (QED) is 0.403. The van der Waals surface area contributed by atoms with Gasteiger partial charge in [0.1, 0.15) is 17.8 Å². The highest BCUT2D eigenvalue weighted by Gasteiger charge is 2.29. The van der Waals surface area contributed by atoms with E-state index in [2.05, 4.69) is 31.1 Å². The van der Waals surface area contributed by atoms with Gasteiger partial charge in [0.25, 0.3) is 0 Å². The molecule has 11 heteroatoms. The minimum atomic E-state index is -0.374. The molecule has 2 amide bonds. The van der Waals surface area contributed by atoms with Gasteiger partial charge in [0, 0.05) is 49.1 Å². The number of hydrogen-bond acceptors (Lipinski definition) is 8. The third kappa shape index (κ3) is 4.10. The van der Waals surface area contributed by atoms with Gasteiger partial charge in [-0.2, -0.15) is 0 Å². The Hall–Kier alpha value is -4.25. The Kier molecular flexibility index (Phi) is 5.18. The molecule has 6 rings (SSSR count). The number of hydrogen-bond donors (Lipinski definition) is 3. The van der Waals surface area contributed by atoms with E-state index in [-0.39, 0.29) is 18.0 Å². The standard InChI is InChI=1S/C24H23N7O4/c1-25-22(32)17-9-16-18(11-26-17)27-12-28-23(16)34-15-4-5-19-14(8-15)6-7-31(19)24(33)29-21-10-20(35-30-21)13-2-3-13/h4-8,10,12-13,17,26H,2-3,9,11H2,1H3,(H,25,32)(H,29,30,33). The predicted octanol–water partition coefficient (Wildman–Crippen LogP) is 2.93. The van der Waals surface area contributed by atoms with Crippen molar-refractivity contribution in [3.8, 4) is 11.6 Å². The monoisotopic (exact) mass is 473 g/mol. The number of carbonyl (C=O) groups is 2. The number of amides is 2. The first kappa shape index (κ1) is 21.3. The molecule has 178 valence electrons. The molecule has 3 N–H and O–H groups in total. The van der Waals surface area contributed by atoms with Crippen LogP contribution in [-0.4, -0.2) is 44.7 Å². The summed E-state index contributed by atoms with van der Waals surface area (Å²) in [6.07, 6.45) is 5.76. The molecule has 1 unspecified atom stereocenters. The summed E-state index contributed by atoms with van der Waals surface area (Å²) in [4.78, 5) is 33.5. The van der Waals surface area contributed by atoms with Crippen molar-refractivity contribution in [2.75, 3.05) is 12.4 Å². The molecule has 0 spiro atoms. The zero-order valence-electron chi connectivity index (χ0n) is 18.9. The van der Waals surface area contributed by atoms with Gasteiger partial charge < -0.3 is 14.6 Å². The molecule has 1 fully saturated rings. The van der Waals surface area contributed by atoms with Crippen LogP contribution in [0, 0.1) is 0 Å². The van der Waals surface area contributed by atoms with Crippen molar-refractivity contribution in [1.29, 1.82) is 0 Å². The van der Waals surface area contributed by atoms with Crippen LogP contribution in [0.2, 0.25) is 0 Å². The molecule has 1 saturated carbocycles. The number of benzene rings is 1. The molecule has 1 aliphatic heterocycles. The molecule has 0 bridgehead atoms. The van der Waals surface area contributed by atoms with E-state index < -0.39 is 0 Å². The first-order chi connectivity index (χ1) is 17.1. The summed E-state index contributed by atoms with van der Waals surface area (Å²) in [6.45, 7) is 0.455. The van der Waals surface area contributed by atoms with Gasteiger partial charge in [-0.25, -0.2) is 14.8 Å². The average molecular weight is 473 g/mol. The van der Waals surface area contributed by atoms with E-state index in [4.69, 9.17) is 9.26 Å². The number of carbonyl (C=O) groups excluding carboxylic acids is 2. The Morgan fingerprint density at radius 3 is 2.91 bits per heavy atom. The molecule has 3 aromatic heterocycles. The Morgan fingerprint density at radius 1 is 1.20 bits per heavy atom. The lowest BCUT2D eigenvalue weighted by Gasteiger charge is -2.25. The summed E-state index contributed by atoms with van der Waals surface area (Å²) in [5, 5.41) is 13.4. The SMILES string of the molecule is CNC(=O)C1Cc2c(ncnc2Oc2ccc3c(ccn3C(=O)Nc3cc(C4CC4)on3)c2)CN1. The normalized spacial score (nSPS) is 17.1. The highest BCUT2D eigenvalue weighted by molar-refractivity contribution is 5.98. The summed E-state index contributed by atoms with van der Waals surface area (Å²) in [5.41, 5.74) is 2.32. The molecule has 4 aromatic rings. The number of fused-ring (bicyclic) bond motifs is 2. The van der Waals surface area contributed by atoms with Crippen LogP contribution in [-0.2, 0) is 17.8 Å². The van der Waals surface area contributed by atoms with Gasteiger partial charge in [0.05, 0.1) is 17.3 Å². The number of anilines is 1. The van der Waals surface area contributed by atoms with Crippen molar-refractivity contribution in [3.63, 3.8) is 0 Å². The molecule has 2 aliphatic rings. The fourth-order valence-electron chi connectivity index (χ4n) is 4.28. The van der Waals surface area contributed by atoms with Gasteiger partial charge in [-0.3, -0.25) is 20.0 Å². The van der Waals surface area contributed by atoms with Gasteiger partial charge in [-0.05, 0) is 37.1 Å². The van der Waals surface area contributed by atoms with E-state index in [0.717, 1.165) is 35.2 Å². The van der Waals surface area contributed by atoms with Gasteiger partial charge in [-0.1, -0.05) is 5.16 Å². The van der Waals surface area contributed by atoms with Crippen molar-refractivity contribution >= 4 is 28.7 Å². The molecule has 1 aliphatic carbocycles. The Bertz CT molecular complexity index is 1440. The molecule has 0 saturated heterocycles. The van der Waals surface area contributed by atoms with Crippen molar-refractivity contribution in [2.24, 2.45) is 0 Å². The minimum Gasteiger partial charge on any atom is -0.439 e. The molecule has 11 nitrogen and oxygen atoms in total. The zero-order valence-corrected chi connectivity index (χ0v) is 18.9. The Balaban J connectivity index is 1.21. The van der Waals surface area contributed by atoms with Gasteiger partial charge in [-0.15, -0.1) is 0 Å². The van der Waals surface area contributed by atoms with Gasteiger partial charge in [0.2, 0.25) is 11.8 Å². The number of ether oxygens (including phenoxy) is 1. The van der Waals surface area contributed by atoms with Crippen LogP contribution in [0.25, 0.3) is 10.9 Å². The number of nitrogens with zero attached hydrogens (tertiary/aromatic N) is 4. The molecular formula is C24H23N7O4. The molecule has 0 radical (unpaired) electrons. The van der Waals surface area contributed by atoms with E-state index in [9.17, 15) is 9.59 Å². The zero-order chi connectivity index (χ0) is 23.9. The Morgan fingerprint density at radius 2 is 2.09 bits per heavy atom. The first-order valence-corrected chi connectivity index (χ1v) is 11.4.